The van der Waals surface area contributed by atoms with Crippen LogP contribution >= 0.6 is 0 Å². The van der Waals surface area contributed by atoms with Gasteiger partial charge >= 0.3 is 6.09 Å². The van der Waals surface area contributed by atoms with Crippen molar-refractivity contribution in [3.8, 4) is 5.75 Å². The second-order valence-electron chi connectivity index (χ2n) is 7.51. The number of likely N-dealkylation sites (tertiary alicyclic amines) is 1. The van der Waals surface area contributed by atoms with Crippen molar-refractivity contribution in [2.75, 3.05) is 30.4 Å². The molecule has 138 valence electrons. The van der Waals surface area contributed by atoms with Gasteiger partial charge in [0.2, 0.25) is 6.35 Å². The second kappa shape index (κ2) is 6.63. The molecule has 7 heteroatoms. The number of hydrogen-bond donors (Lipinski definition) is 2. The van der Waals surface area contributed by atoms with E-state index in [1.54, 1.807) is 12.0 Å². The van der Waals surface area contributed by atoms with Gasteiger partial charge in [0.15, 0.2) is 0 Å². The van der Waals surface area contributed by atoms with E-state index in [0.29, 0.717) is 13.1 Å². The monoisotopic (exact) mass is 349 g/mol. The first-order chi connectivity index (χ1) is 11.8. The molecule has 0 spiro atoms. The van der Waals surface area contributed by atoms with Crippen molar-refractivity contribution >= 4 is 17.5 Å². The Morgan fingerprint density at radius 3 is 2.56 bits per heavy atom. The molecule has 1 unspecified atom stereocenters. The highest BCUT2D eigenvalue weighted by Gasteiger charge is 2.36. The van der Waals surface area contributed by atoms with Gasteiger partial charge in [-0.15, -0.1) is 0 Å². The summed E-state index contributed by atoms with van der Waals surface area (Å²) in [5.41, 5.74) is 1.34. The van der Waals surface area contributed by atoms with E-state index in [9.17, 15) is 9.90 Å². The molecule has 2 aliphatic rings. The van der Waals surface area contributed by atoms with Crippen LogP contribution in [0.5, 0.6) is 5.75 Å². The summed E-state index contributed by atoms with van der Waals surface area (Å²) in [6, 6.07) is 5.89. The van der Waals surface area contributed by atoms with Gasteiger partial charge in [-0.3, -0.25) is 0 Å². The molecule has 1 aromatic carbocycles. The molecule has 1 aromatic rings. The molecule has 0 aliphatic carbocycles. The number of methoxy groups -OCH3 is 1. The fourth-order valence-corrected chi connectivity index (χ4v) is 3.37. The van der Waals surface area contributed by atoms with Crippen molar-refractivity contribution in [3.05, 3.63) is 18.2 Å². The van der Waals surface area contributed by atoms with Gasteiger partial charge in [0.25, 0.3) is 0 Å². The largest absolute Gasteiger partial charge is 0.497 e. The van der Waals surface area contributed by atoms with Crippen LogP contribution < -0.4 is 15.0 Å². The third-order valence-electron chi connectivity index (χ3n) is 4.54. The van der Waals surface area contributed by atoms with E-state index in [1.165, 1.54) is 0 Å². The van der Waals surface area contributed by atoms with Crippen LogP contribution in [0, 0.1) is 0 Å². The molecule has 7 nitrogen and oxygen atoms in total. The quantitative estimate of drug-likeness (QED) is 0.855. The van der Waals surface area contributed by atoms with Gasteiger partial charge in [0.05, 0.1) is 18.5 Å². The Bertz CT molecular complexity index is 636. The van der Waals surface area contributed by atoms with Gasteiger partial charge in [0.1, 0.15) is 11.4 Å². The Hall–Kier alpha value is -2.15. The van der Waals surface area contributed by atoms with E-state index in [2.05, 4.69) is 5.32 Å². The lowest BCUT2D eigenvalue weighted by atomic mass is 10.0. The van der Waals surface area contributed by atoms with Gasteiger partial charge in [-0.25, -0.2) is 4.79 Å². The van der Waals surface area contributed by atoms with Crippen molar-refractivity contribution in [2.45, 2.75) is 51.6 Å². The highest BCUT2D eigenvalue weighted by atomic mass is 16.6. The lowest BCUT2D eigenvalue weighted by Gasteiger charge is -2.39. The molecule has 0 saturated carbocycles. The predicted octanol–water partition coefficient (Wildman–Crippen LogP) is 2.60. The van der Waals surface area contributed by atoms with Crippen LogP contribution in [0.25, 0.3) is 0 Å². The van der Waals surface area contributed by atoms with Crippen molar-refractivity contribution in [2.24, 2.45) is 0 Å². The smallest absolute Gasteiger partial charge is 0.410 e. The maximum absolute atomic E-state index is 12.2. The van der Waals surface area contributed by atoms with E-state index in [1.807, 2.05) is 43.9 Å². The Balaban J connectivity index is 1.65. The Morgan fingerprint density at radius 1 is 1.28 bits per heavy atom. The highest BCUT2D eigenvalue weighted by molar-refractivity contribution is 5.77. The number of piperidine rings is 1. The third kappa shape index (κ3) is 3.76. The zero-order chi connectivity index (χ0) is 18.2. The first-order valence-corrected chi connectivity index (χ1v) is 8.67. The van der Waals surface area contributed by atoms with Crippen LogP contribution in [0.2, 0.25) is 0 Å². The number of anilines is 2. The Kier molecular flexibility index (Phi) is 4.69. The molecule has 0 radical (unpaired) electrons. The summed E-state index contributed by atoms with van der Waals surface area (Å²) in [7, 11) is 1.62. The van der Waals surface area contributed by atoms with E-state index in [-0.39, 0.29) is 12.1 Å². The molecule has 0 bridgehead atoms. The van der Waals surface area contributed by atoms with E-state index >= 15 is 0 Å². The van der Waals surface area contributed by atoms with E-state index in [0.717, 1.165) is 30.0 Å². The summed E-state index contributed by atoms with van der Waals surface area (Å²) in [6.45, 7) is 6.85. The van der Waals surface area contributed by atoms with Gasteiger partial charge in [-0.2, -0.15) is 0 Å². The van der Waals surface area contributed by atoms with Crippen LogP contribution in [0.1, 0.15) is 33.6 Å². The van der Waals surface area contributed by atoms with Gasteiger partial charge in [-0.05, 0) is 45.7 Å². The number of carbonyl (C=O) groups is 1. The molecule has 2 N–H and O–H groups in total. The number of nitrogens with one attached hydrogen (secondary N) is 1. The minimum absolute atomic E-state index is 0.163. The highest BCUT2D eigenvalue weighted by Crippen LogP contribution is 2.39. The fourth-order valence-electron chi connectivity index (χ4n) is 3.37. The number of ether oxygens (including phenoxy) is 2. The Labute approximate surface area is 148 Å². The molecule has 1 saturated heterocycles. The number of benzene rings is 1. The number of hydrogen-bond acceptors (Lipinski definition) is 6. The molecule has 2 heterocycles. The van der Waals surface area contributed by atoms with Gasteiger partial charge < -0.3 is 29.7 Å². The number of nitrogens with zero attached hydrogens (tertiary/aromatic N) is 2. The van der Waals surface area contributed by atoms with Crippen molar-refractivity contribution in [3.63, 3.8) is 0 Å². The van der Waals surface area contributed by atoms with Crippen LogP contribution in [0.3, 0.4) is 0 Å². The van der Waals surface area contributed by atoms with Crippen molar-refractivity contribution < 1.29 is 19.4 Å². The third-order valence-corrected chi connectivity index (χ3v) is 4.54. The maximum Gasteiger partial charge on any atom is 0.410 e. The van der Waals surface area contributed by atoms with E-state index in [4.69, 9.17) is 9.47 Å². The standard InChI is InChI=1S/C18H27N3O4/c1-18(2,3)25-17(23)20-9-7-12(8-10-20)21-15-6-5-13(24-4)11-14(15)19-16(21)22/h5-6,11-12,16,19,22H,7-10H2,1-4H3. The fraction of sp³-hybridized carbons (Fsp3) is 0.611. The van der Waals surface area contributed by atoms with Gasteiger partial charge in [-0.1, -0.05) is 0 Å². The SMILES string of the molecule is COc1ccc2c(c1)NC(O)N2C1CCN(C(=O)OC(C)(C)C)CC1. The lowest BCUT2D eigenvalue weighted by Crippen LogP contribution is -2.51. The maximum atomic E-state index is 12.2. The molecule has 1 amide bonds. The Morgan fingerprint density at radius 2 is 1.96 bits per heavy atom. The predicted molar refractivity (Wildman–Crippen MR) is 95.9 cm³/mol. The van der Waals surface area contributed by atoms with Gasteiger partial charge in [0, 0.05) is 25.2 Å². The average Bonchev–Trinajstić information content (AvgIpc) is 2.88. The van der Waals surface area contributed by atoms with Crippen LogP contribution in [-0.4, -0.2) is 54.3 Å². The van der Waals surface area contributed by atoms with E-state index < -0.39 is 12.0 Å². The van der Waals surface area contributed by atoms with Crippen LogP contribution in [-0.2, 0) is 4.74 Å². The number of aliphatic hydroxyl groups excluding tert-OH is 1. The van der Waals surface area contributed by atoms with Crippen LogP contribution in [0.4, 0.5) is 16.2 Å². The molecule has 1 fully saturated rings. The summed E-state index contributed by atoms with van der Waals surface area (Å²) in [6.07, 6.45) is 0.531. The minimum atomic E-state index is -0.764. The molecular weight excluding hydrogens is 322 g/mol. The lowest BCUT2D eigenvalue weighted by molar-refractivity contribution is 0.0198. The number of aliphatic hydroxyl groups is 1. The normalized spacial score (nSPS) is 20.9. The molecule has 0 aromatic heterocycles. The topological polar surface area (TPSA) is 74.3 Å². The zero-order valence-corrected chi connectivity index (χ0v) is 15.3. The zero-order valence-electron chi connectivity index (χ0n) is 15.3. The van der Waals surface area contributed by atoms with Crippen LogP contribution in [0.15, 0.2) is 18.2 Å². The molecule has 3 rings (SSSR count). The summed E-state index contributed by atoms with van der Waals surface area (Å²) >= 11 is 0. The second-order valence-corrected chi connectivity index (χ2v) is 7.51. The van der Waals surface area contributed by atoms with Crippen molar-refractivity contribution in [1.29, 1.82) is 0 Å². The first-order valence-electron chi connectivity index (χ1n) is 8.67. The summed E-state index contributed by atoms with van der Waals surface area (Å²) in [4.78, 5) is 15.9. The minimum Gasteiger partial charge on any atom is -0.497 e. The molecule has 2 aliphatic heterocycles. The number of carbonyl (C=O) groups excluding carboxylic acids is 1. The number of rotatable bonds is 2. The molecular formula is C18H27N3O4. The molecule has 1 atom stereocenters. The van der Waals surface area contributed by atoms with Crippen molar-refractivity contribution in [1.82, 2.24) is 4.90 Å². The first kappa shape index (κ1) is 17.7. The summed E-state index contributed by atoms with van der Waals surface area (Å²) in [5.74, 6) is 0.750. The average molecular weight is 349 g/mol. The molecule has 25 heavy (non-hydrogen) atoms. The number of amides is 1. The number of fused-ring (bicyclic) bond motifs is 1. The summed E-state index contributed by atoms with van der Waals surface area (Å²) < 4.78 is 10.7. The summed E-state index contributed by atoms with van der Waals surface area (Å²) in [5, 5.41) is 13.5.